The Morgan fingerprint density at radius 1 is 1.16 bits per heavy atom. The molecule has 1 aliphatic heterocycles. The molecule has 0 spiro atoms. The van der Waals surface area contributed by atoms with Crippen molar-refractivity contribution >= 4 is 17.6 Å². The van der Waals surface area contributed by atoms with Crippen molar-refractivity contribution in [1.29, 1.82) is 0 Å². The van der Waals surface area contributed by atoms with Crippen LogP contribution in [0.4, 0.5) is 5.69 Å². The predicted octanol–water partition coefficient (Wildman–Crippen LogP) is 5.34. The van der Waals surface area contributed by atoms with Gasteiger partial charge in [0.15, 0.2) is 0 Å². The second-order valence-electron chi connectivity index (χ2n) is 13.7. The van der Waals surface area contributed by atoms with E-state index in [9.17, 15) is 19.5 Å². The van der Waals surface area contributed by atoms with Crippen molar-refractivity contribution in [2.24, 2.45) is 28.6 Å². The highest BCUT2D eigenvalue weighted by Crippen LogP contribution is 2.68. The molecule has 45 heavy (non-hydrogen) atoms. The minimum absolute atomic E-state index is 0.0379. The number of carbonyl (C=O) groups excluding carboxylic acids is 2. The molecule has 3 N–H and O–H groups in total. The first-order chi connectivity index (χ1) is 21.3. The van der Waals surface area contributed by atoms with Crippen molar-refractivity contribution < 1.29 is 33.3 Å². The summed E-state index contributed by atoms with van der Waals surface area (Å²) in [5, 5.41) is 12.2. The number of aliphatic hydroxyl groups excluding tert-OH is 1. The molecule has 10 nitrogen and oxygen atoms in total. The highest BCUT2D eigenvalue weighted by atomic mass is 16.6. The molecule has 4 unspecified atom stereocenters. The minimum Gasteiger partial charge on any atom is -0.482 e. The summed E-state index contributed by atoms with van der Waals surface area (Å²) in [5.74, 6) is -1.18. The summed E-state index contributed by atoms with van der Waals surface area (Å²) in [6.45, 7) is 9.77. The van der Waals surface area contributed by atoms with Crippen LogP contribution in [0.15, 0.2) is 64.1 Å². The summed E-state index contributed by atoms with van der Waals surface area (Å²) in [6.07, 6.45) is 3.00. The van der Waals surface area contributed by atoms with E-state index >= 15 is 0 Å². The first-order valence-corrected chi connectivity index (χ1v) is 15.4. The number of ether oxygens (including phenoxy) is 3. The molecule has 0 amide bonds. The Hall–Kier alpha value is -4.18. The number of nitrogens with zero attached hydrogens (tertiary/aromatic N) is 1. The van der Waals surface area contributed by atoms with Crippen molar-refractivity contribution in [1.82, 2.24) is 4.98 Å². The number of benzene rings is 1. The topological polar surface area (TPSA) is 151 Å². The SMILES string of the molecule is CC(=O)OCC1(C)C2C[C@H](OC(=O)c3ccc(N)cc3)[C@@]3(C)Oc4cc(-c5cccnc5)oc(=O)c4C(O)C3[C@@]2(C)CC[C@@H]1C. The summed E-state index contributed by atoms with van der Waals surface area (Å²) >= 11 is 0. The van der Waals surface area contributed by atoms with Gasteiger partial charge >= 0.3 is 17.6 Å². The summed E-state index contributed by atoms with van der Waals surface area (Å²) < 4.78 is 24.4. The maximum Gasteiger partial charge on any atom is 0.345 e. The molecule has 2 saturated carbocycles. The fraction of sp³-hybridized carbons (Fsp3) is 0.486. The molecule has 3 heterocycles. The highest BCUT2D eigenvalue weighted by molar-refractivity contribution is 5.90. The smallest absolute Gasteiger partial charge is 0.345 e. The Morgan fingerprint density at radius 3 is 2.56 bits per heavy atom. The predicted molar refractivity (Wildman–Crippen MR) is 165 cm³/mol. The van der Waals surface area contributed by atoms with Crippen molar-refractivity contribution in [3.05, 3.63) is 76.4 Å². The Kier molecular flexibility index (Phi) is 7.54. The van der Waals surface area contributed by atoms with E-state index in [2.05, 4.69) is 25.8 Å². The quantitative estimate of drug-likeness (QED) is 0.284. The molecule has 1 aromatic carbocycles. The number of pyridine rings is 1. The number of hydrogen-bond acceptors (Lipinski definition) is 10. The number of nitrogens with two attached hydrogens (primary N) is 1. The lowest BCUT2D eigenvalue weighted by Crippen LogP contribution is -2.70. The third-order valence-corrected chi connectivity index (χ3v) is 11.1. The maximum absolute atomic E-state index is 13.6. The van der Waals surface area contributed by atoms with E-state index in [-0.39, 0.29) is 41.5 Å². The molecule has 2 fully saturated rings. The third kappa shape index (κ3) is 4.99. The average Bonchev–Trinajstić information content (AvgIpc) is 2.99. The minimum atomic E-state index is -1.28. The monoisotopic (exact) mass is 616 g/mol. The zero-order valence-corrected chi connectivity index (χ0v) is 26.2. The Balaban J connectivity index is 1.49. The van der Waals surface area contributed by atoms with Crippen LogP contribution >= 0.6 is 0 Å². The zero-order chi connectivity index (χ0) is 32.3. The van der Waals surface area contributed by atoms with E-state index in [0.29, 0.717) is 23.2 Å². The van der Waals surface area contributed by atoms with E-state index in [0.717, 1.165) is 12.8 Å². The molecule has 0 saturated heterocycles. The first-order valence-electron chi connectivity index (χ1n) is 15.4. The van der Waals surface area contributed by atoms with Crippen LogP contribution < -0.4 is 16.1 Å². The molecule has 10 heteroatoms. The number of fused-ring (bicyclic) bond motifs is 4. The van der Waals surface area contributed by atoms with E-state index in [1.165, 1.54) is 6.92 Å². The Labute approximate surface area is 261 Å². The summed E-state index contributed by atoms with van der Waals surface area (Å²) in [7, 11) is 0. The Morgan fingerprint density at radius 2 is 1.89 bits per heavy atom. The van der Waals surface area contributed by atoms with Gasteiger partial charge < -0.3 is 29.5 Å². The summed E-state index contributed by atoms with van der Waals surface area (Å²) in [6, 6.07) is 11.6. The van der Waals surface area contributed by atoms with E-state index in [1.54, 1.807) is 54.9 Å². The standard InChI is InChI=1S/C35H40N2O8/c1-19-12-13-33(3)26(34(19,4)18-42-20(2)38)16-27(44-31(40)21-8-10-23(36)11-9-21)35(5)30(33)29(39)28-25(45-35)15-24(43-32(28)41)22-7-6-14-37-17-22/h6-11,14-15,17,19,26-27,29-30,39H,12-13,16,18,36H2,1-5H3/t19-,26?,27-,29?,30?,33-,34?,35+/m0/s1. The lowest BCUT2D eigenvalue weighted by Gasteiger charge is -2.66. The zero-order valence-electron chi connectivity index (χ0n) is 26.2. The molecule has 2 aromatic heterocycles. The van der Waals surface area contributed by atoms with Crippen LogP contribution in [0.3, 0.4) is 0 Å². The van der Waals surface area contributed by atoms with Gasteiger partial charge in [0.25, 0.3) is 0 Å². The van der Waals surface area contributed by atoms with Gasteiger partial charge in [-0.3, -0.25) is 9.78 Å². The number of nitrogen functional groups attached to an aromatic ring is 1. The van der Waals surface area contributed by atoms with Crippen LogP contribution in [0.2, 0.25) is 0 Å². The molecule has 8 atom stereocenters. The van der Waals surface area contributed by atoms with Gasteiger partial charge in [0, 0.05) is 48.0 Å². The second kappa shape index (κ2) is 11.0. The summed E-state index contributed by atoms with van der Waals surface area (Å²) in [4.78, 5) is 43.3. The number of esters is 2. The van der Waals surface area contributed by atoms with Crippen LogP contribution in [0.1, 0.15) is 75.9 Å². The molecule has 238 valence electrons. The van der Waals surface area contributed by atoms with Gasteiger partial charge in [0.05, 0.1) is 18.3 Å². The Bertz CT molecular complexity index is 1670. The lowest BCUT2D eigenvalue weighted by molar-refractivity contribution is -0.257. The number of hydrogen-bond donors (Lipinski definition) is 2. The van der Waals surface area contributed by atoms with Gasteiger partial charge in [0.1, 0.15) is 28.8 Å². The number of carbonyl (C=O) groups is 2. The third-order valence-electron chi connectivity index (χ3n) is 11.1. The number of rotatable bonds is 5. The van der Waals surface area contributed by atoms with Gasteiger partial charge in [-0.2, -0.15) is 0 Å². The van der Waals surface area contributed by atoms with Crippen LogP contribution in [-0.4, -0.2) is 40.3 Å². The van der Waals surface area contributed by atoms with Gasteiger partial charge in [-0.05, 0) is 79.8 Å². The molecule has 3 aromatic rings. The van der Waals surface area contributed by atoms with Crippen LogP contribution in [0, 0.1) is 28.6 Å². The van der Waals surface area contributed by atoms with Gasteiger partial charge in [-0.1, -0.05) is 20.8 Å². The first kappa shape index (κ1) is 30.8. The fourth-order valence-corrected chi connectivity index (χ4v) is 8.51. The molecular weight excluding hydrogens is 576 g/mol. The largest absolute Gasteiger partial charge is 0.482 e. The molecular formula is C35H40N2O8. The van der Waals surface area contributed by atoms with Crippen LogP contribution in [0.5, 0.6) is 5.75 Å². The van der Waals surface area contributed by atoms with Crippen molar-refractivity contribution in [3.63, 3.8) is 0 Å². The van der Waals surface area contributed by atoms with Gasteiger partial charge in [-0.25, -0.2) is 9.59 Å². The van der Waals surface area contributed by atoms with Crippen LogP contribution in [0.25, 0.3) is 11.3 Å². The highest BCUT2D eigenvalue weighted by Gasteiger charge is 2.70. The van der Waals surface area contributed by atoms with Crippen molar-refractivity contribution in [2.45, 2.75) is 71.7 Å². The van der Waals surface area contributed by atoms with Crippen molar-refractivity contribution in [3.8, 4) is 17.1 Å². The van der Waals surface area contributed by atoms with E-state index in [4.69, 9.17) is 24.4 Å². The average molecular weight is 617 g/mol. The summed E-state index contributed by atoms with van der Waals surface area (Å²) in [5.41, 5.74) is 4.28. The van der Waals surface area contributed by atoms with Crippen LogP contribution in [-0.2, 0) is 14.3 Å². The fourth-order valence-electron chi connectivity index (χ4n) is 8.51. The molecule has 0 bridgehead atoms. The normalized spacial score (nSPS) is 33.5. The van der Waals surface area contributed by atoms with Crippen molar-refractivity contribution in [2.75, 3.05) is 12.3 Å². The molecule has 2 aliphatic carbocycles. The maximum atomic E-state index is 13.6. The van der Waals surface area contributed by atoms with E-state index in [1.807, 2.05) is 6.92 Å². The number of aromatic nitrogens is 1. The van der Waals surface area contributed by atoms with Gasteiger partial charge in [-0.15, -0.1) is 0 Å². The second-order valence-corrected chi connectivity index (χ2v) is 13.7. The lowest BCUT2D eigenvalue weighted by atomic mass is 9.41. The van der Waals surface area contributed by atoms with E-state index < -0.39 is 46.2 Å². The molecule has 3 aliphatic rings. The molecule has 0 radical (unpaired) electrons. The number of anilines is 1. The number of aliphatic hydroxyl groups is 1. The van der Waals surface area contributed by atoms with Gasteiger partial charge in [0.2, 0.25) is 0 Å². The molecule has 6 rings (SSSR count).